The fraction of sp³-hybridized carbons (Fsp3) is 0.611. The van der Waals surface area contributed by atoms with Crippen LogP contribution in [0.1, 0.15) is 85.0 Å². The van der Waals surface area contributed by atoms with Gasteiger partial charge in [-0.15, -0.1) is 6.58 Å². The predicted octanol–water partition coefficient (Wildman–Crippen LogP) is 3.65. The lowest BCUT2D eigenvalue weighted by atomic mass is 9.84. The standard InChI is InChI=1S/C36H55N5O7/c1-11-13-26(30(43)33(45)37-19-12-2)38-32(44)28-25(21(3)4)18-20-41(28)34(46)31(36(7,8)9)40-35(47)39-27(22(5)6)29(42)23-14-16-24(48-10)17-15-23/h12,14-17,21-22,25-28,31H,2,11,13,18-20H2,1,3-10H3,(H,37,45)(H,38,44)(H2,39,40,47)/t25-,26?,27+,28+,31-/m1/s1. The fourth-order valence-electron chi connectivity index (χ4n) is 5.92. The Balaban J connectivity index is 2.33. The first-order valence-corrected chi connectivity index (χ1v) is 16.8. The summed E-state index contributed by atoms with van der Waals surface area (Å²) in [5.41, 5.74) is -0.371. The molecule has 0 saturated carbocycles. The molecule has 48 heavy (non-hydrogen) atoms. The second kappa shape index (κ2) is 17.8. The van der Waals surface area contributed by atoms with Crippen molar-refractivity contribution in [2.24, 2.45) is 23.2 Å². The van der Waals surface area contributed by atoms with Gasteiger partial charge in [0.1, 0.15) is 17.8 Å². The van der Waals surface area contributed by atoms with Crippen molar-refractivity contribution < 1.29 is 33.5 Å². The van der Waals surface area contributed by atoms with Gasteiger partial charge in [-0.3, -0.25) is 24.0 Å². The van der Waals surface area contributed by atoms with E-state index in [9.17, 15) is 28.8 Å². The Morgan fingerprint density at radius 1 is 1.00 bits per heavy atom. The third-order valence-electron chi connectivity index (χ3n) is 8.69. The first-order valence-electron chi connectivity index (χ1n) is 16.8. The number of benzene rings is 1. The molecule has 1 heterocycles. The number of Topliss-reactive ketones (excluding diaryl/α,β-unsaturated/α-hetero) is 2. The Hall–Kier alpha value is -4.22. The largest absolute Gasteiger partial charge is 0.497 e. The second-order valence-corrected chi connectivity index (χ2v) is 14.1. The van der Waals surface area contributed by atoms with Crippen LogP contribution >= 0.6 is 0 Å². The molecule has 266 valence electrons. The van der Waals surface area contributed by atoms with Gasteiger partial charge in [-0.25, -0.2) is 4.79 Å². The molecule has 0 spiro atoms. The van der Waals surface area contributed by atoms with E-state index in [2.05, 4.69) is 27.8 Å². The van der Waals surface area contributed by atoms with Crippen LogP contribution in [0.4, 0.5) is 4.79 Å². The number of hydrogen-bond acceptors (Lipinski definition) is 7. The summed E-state index contributed by atoms with van der Waals surface area (Å²) >= 11 is 0. The van der Waals surface area contributed by atoms with E-state index >= 15 is 0 Å². The van der Waals surface area contributed by atoms with Crippen molar-refractivity contribution in [3.05, 3.63) is 42.5 Å². The normalized spacial score (nSPS) is 18.0. The molecular formula is C36H55N5O7. The summed E-state index contributed by atoms with van der Waals surface area (Å²) in [5, 5.41) is 10.8. The van der Waals surface area contributed by atoms with Gasteiger partial charge in [0.05, 0.1) is 19.2 Å². The number of hydrogen-bond donors (Lipinski definition) is 4. The summed E-state index contributed by atoms with van der Waals surface area (Å²) in [6.07, 6.45) is 2.78. The Morgan fingerprint density at radius 3 is 2.12 bits per heavy atom. The van der Waals surface area contributed by atoms with Crippen molar-refractivity contribution in [3.63, 3.8) is 0 Å². The number of carbonyl (C=O) groups excluding carboxylic acids is 6. The summed E-state index contributed by atoms with van der Waals surface area (Å²) in [4.78, 5) is 81.9. The van der Waals surface area contributed by atoms with E-state index in [1.807, 2.05) is 34.6 Å². The van der Waals surface area contributed by atoms with E-state index < -0.39 is 59.1 Å². The predicted molar refractivity (Wildman–Crippen MR) is 184 cm³/mol. The van der Waals surface area contributed by atoms with E-state index in [0.717, 1.165) is 0 Å². The van der Waals surface area contributed by atoms with Crippen molar-refractivity contribution in [3.8, 4) is 5.75 Å². The lowest BCUT2D eigenvalue weighted by Gasteiger charge is -2.37. The molecule has 0 bridgehead atoms. The SMILES string of the molecule is C=CCNC(=O)C(=O)C(CCC)NC(=O)[C@@H]1[C@@H](C(C)C)CCN1C(=O)[C@@H](NC(=O)N[C@H](C(=O)c1ccc(OC)cc1)C(C)C)C(C)(C)C. The maximum Gasteiger partial charge on any atom is 0.316 e. The minimum Gasteiger partial charge on any atom is -0.497 e. The third-order valence-corrected chi connectivity index (χ3v) is 8.69. The molecule has 12 nitrogen and oxygen atoms in total. The topological polar surface area (TPSA) is 163 Å². The molecule has 2 rings (SSSR count). The van der Waals surface area contributed by atoms with Crippen LogP contribution in [0.5, 0.6) is 5.75 Å². The molecule has 1 aromatic rings. The van der Waals surface area contributed by atoms with Crippen molar-refractivity contribution in [1.82, 2.24) is 26.2 Å². The van der Waals surface area contributed by atoms with Gasteiger partial charge in [0.2, 0.25) is 17.6 Å². The van der Waals surface area contributed by atoms with Crippen LogP contribution in [0.15, 0.2) is 36.9 Å². The van der Waals surface area contributed by atoms with Gasteiger partial charge in [-0.05, 0) is 60.3 Å². The monoisotopic (exact) mass is 669 g/mol. The molecule has 1 saturated heterocycles. The quantitative estimate of drug-likeness (QED) is 0.119. The zero-order valence-electron chi connectivity index (χ0n) is 30.0. The number of likely N-dealkylation sites (tertiary alicyclic amines) is 1. The molecule has 1 unspecified atom stereocenters. The highest BCUT2D eigenvalue weighted by Gasteiger charge is 2.47. The van der Waals surface area contributed by atoms with Crippen molar-refractivity contribution in [2.45, 2.75) is 98.8 Å². The fourth-order valence-corrected chi connectivity index (χ4v) is 5.92. The molecule has 5 amide bonds. The van der Waals surface area contributed by atoms with E-state index in [-0.39, 0.29) is 43.0 Å². The number of urea groups is 1. The van der Waals surface area contributed by atoms with Crippen LogP contribution < -0.4 is 26.0 Å². The number of carbonyl (C=O) groups is 6. The lowest BCUT2D eigenvalue weighted by Crippen LogP contribution is -2.62. The summed E-state index contributed by atoms with van der Waals surface area (Å²) in [6, 6.07) is 2.01. The van der Waals surface area contributed by atoms with Gasteiger partial charge in [0.25, 0.3) is 5.91 Å². The molecule has 0 radical (unpaired) electrons. The van der Waals surface area contributed by atoms with Gasteiger partial charge in [0.15, 0.2) is 5.78 Å². The second-order valence-electron chi connectivity index (χ2n) is 14.1. The van der Waals surface area contributed by atoms with Crippen LogP contribution in [0.3, 0.4) is 0 Å². The maximum atomic E-state index is 14.3. The van der Waals surface area contributed by atoms with Gasteiger partial charge in [0, 0.05) is 18.7 Å². The first kappa shape index (κ1) is 40.0. The zero-order valence-corrected chi connectivity index (χ0v) is 30.0. The molecule has 0 aliphatic carbocycles. The number of amides is 5. The minimum atomic E-state index is -1.06. The van der Waals surface area contributed by atoms with Crippen molar-refractivity contribution >= 4 is 35.3 Å². The number of ketones is 2. The van der Waals surface area contributed by atoms with E-state index in [1.165, 1.54) is 18.1 Å². The summed E-state index contributed by atoms with van der Waals surface area (Å²) < 4.78 is 5.18. The van der Waals surface area contributed by atoms with Crippen LogP contribution in [-0.2, 0) is 19.2 Å². The lowest BCUT2D eigenvalue weighted by molar-refractivity contribution is -0.144. The smallest absolute Gasteiger partial charge is 0.316 e. The summed E-state index contributed by atoms with van der Waals surface area (Å²) in [5.74, 6) is -2.70. The van der Waals surface area contributed by atoms with Gasteiger partial charge >= 0.3 is 6.03 Å². The zero-order chi connectivity index (χ0) is 36.3. The highest BCUT2D eigenvalue weighted by atomic mass is 16.5. The molecule has 4 N–H and O–H groups in total. The Bertz CT molecular complexity index is 1320. The molecule has 0 aromatic heterocycles. The van der Waals surface area contributed by atoms with Crippen LogP contribution in [0, 0.1) is 23.2 Å². The molecule has 1 fully saturated rings. The van der Waals surface area contributed by atoms with Crippen molar-refractivity contribution in [2.75, 3.05) is 20.2 Å². The van der Waals surface area contributed by atoms with Crippen molar-refractivity contribution in [1.29, 1.82) is 0 Å². The average molecular weight is 670 g/mol. The Morgan fingerprint density at radius 2 is 1.62 bits per heavy atom. The summed E-state index contributed by atoms with van der Waals surface area (Å²) in [7, 11) is 1.53. The maximum absolute atomic E-state index is 14.3. The van der Waals surface area contributed by atoms with Gasteiger partial charge < -0.3 is 30.9 Å². The molecule has 5 atom stereocenters. The highest BCUT2D eigenvalue weighted by Crippen LogP contribution is 2.33. The van der Waals surface area contributed by atoms with E-state index in [4.69, 9.17) is 4.74 Å². The van der Waals surface area contributed by atoms with E-state index in [0.29, 0.717) is 24.2 Å². The number of methoxy groups -OCH3 is 1. The highest BCUT2D eigenvalue weighted by molar-refractivity contribution is 6.38. The van der Waals surface area contributed by atoms with Crippen LogP contribution in [-0.4, -0.2) is 84.6 Å². The van der Waals surface area contributed by atoms with Gasteiger partial charge in [-0.2, -0.15) is 0 Å². The number of rotatable bonds is 16. The molecule has 1 aliphatic rings. The summed E-state index contributed by atoms with van der Waals surface area (Å²) in [6.45, 7) is 18.8. The first-order chi connectivity index (χ1) is 22.5. The minimum absolute atomic E-state index is 0.0230. The van der Waals surface area contributed by atoms with E-state index in [1.54, 1.807) is 45.0 Å². The molecule has 1 aromatic carbocycles. The third kappa shape index (κ3) is 10.4. The number of nitrogens with zero attached hydrogens (tertiary/aromatic N) is 1. The van der Waals surface area contributed by atoms with Gasteiger partial charge in [-0.1, -0.05) is 67.9 Å². The molecule has 1 aliphatic heterocycles. The van der Waals surface area contributed by atoms with Crippen LogP contribution in [0.25, 0.3) is 0 Å². The Labute approximate surface area is 285 Å². The van der Waals surface area contributed by atoms with Crippen LogP contribution in [0.2, 0.25) is 0 Å². The Kier molecular flexibility index (Phi) is 14.8. The average Bonchev–Trinajstić information content (AvgIpc) is 3.49. The molecule has 12 heteroatoms. The number of nitrogens with one attached hydrogen (secondary N) is 4. The number of ether oxygens (including phenoxy) is 1. The molecular weight excluding hydrogens is 614 g/mol.